The molecule has 0 saturated heterocycles. The second-order valence-corrected chi connectivity index (χ2v) is 4.45. The Morgan fingerprint density at radius 1 is 1.07 bits per heavy atom. The number of hydrogen-bond acceptors (Lipinski definition) is 3. The standard InChI is InChI=1S/C12H24O3/c1-14-11-7-6-10(5-3-4-8-13)9-12(11)15-2/h10-13H,3-9H2,1-2H3. The average Bonchev–Trinajstić information content (AvgIpc) is 2.29. The van der Waals surface area contributed by atoms with Gasteiger partial charge in [-0.3, -0.25) is 0 Å². The highest BCUT2D eigenvalue weighted by molar-refractivity contribution is 4.81. The molecule has 1 fully saturated rings. The van der Waals surface area contributed by atoms with Crippen LogP contribution < -0.4 is 0 Å². The molecule has 90 valence electrons. The van der Waals surface area contributed by atoms with Gasteiger partial charge in [-0.05, 0) is 31.6 Å². The second-order valence-electron chi connectivity index (χ2n) is 4.45. The van der Waals surface area contributed by atoms with Crippen molar-refractivity contribution in [2.45, 2.75) is 50.7 Å². The van der Waals surface area contributed by atoms with Gasteiger partial charge in [-0.25, -0.2) is 0 Å². The van der Waals surface area contributed by atoms with Crippen LogP contribution in [0, 0.1) is 5.92 Å². The maximum absolute atomic E-state index is 8.73. The lowest BCUT2D eigenvalue weighted by atomic mass is 9.82. The molecule has 0 aliphatic heterocycles. The molecule has 3 unspecified atom stereocenters. The van der Waals surface area contributed by atoms with Crippen LogP contribution in [0.4, 0.5) is 0 Å². The van der Waals surface area contributed by atoms with Gasteiger partial charge in [0.1, 0.15) is 0 Å². The molecule has 0 heterocycles. The zero-order valence-corrected chi connectivity index (χ0v) is 9.95. The molecule has 3 atom stereocenters. The molecule has 1 rings (SSSR count). The average molecular weight is 216 g/mol. The summed E-state index contributed by atoms with van der Waals surface area (Å²) in [4.78, 5) is 0. The highest BCUT2D eigenvalue weighted by atomic mass is 16.5. The van der Waals surface area contributed by atoms with Crippen LogP contribution >= 0.6 is 0 Å². The smallest absolute Gasteiger partial charge is 0.0835 e. The fourth-order valence-corrected chi connectivity index (χ4v) is 2.51. The maximum atomic E-state index is 8.73. The Morgan fingerprint density at radius 2 is 1.80 bits per heavy atom. The molecule has 3 nitrogen and oxygen atoms in total. The largest absolute Gasteiger partial charge is 0.396 e. The van der Waals surface area contributed by atoms with Crippen molar-refractivity contribution >= 4 is 0 Å². The van der Waals surface area contributed by atoms with E-state index in [9.17, 15) is 0 Å². The third-order valence-electron chi connectivity index (χ3n) is 3.47. The zero-order chi connectivity index (χ0) is 11.1. The van der Waals surface area contributed by atoms with Gasteiger partial charge in [-0.1, -0.05) is 12.8 Å². The van der Waals surface area contributed by atoms with Crippen molar-refractivity contribution in [1.82, 2.24) is 0 Å². The van der Waals surface area contributed by atoms with E-state index in [4.69, 9.17) is 14.6 Å². The van der Waals surface area contributed by atoms with E-state index in [1.807, 2.05) is 0 Å². The number of methoxy groups -OCH3 is 2. The molecular weight excluding hydrogens is 192 g/mol. The Balaban J connectivity index is 2.26. The van der Waals surface area contributed by atoms with Crippen LogP contribution in [0.15, 0.2) is 0 Å². The molecule has 0 aromatic heterocycles. The van der Waals surface area contributed by atoms with Crippen molar-refractivity contribution in [2.24, 2.45) is 5.92 Å². The van der Waals surface area contributed by atoms with E-state index in [0.717, 1.165) is 31.6 Å². The summed E-state index contributed by atoms with van der Waals surface area (Å²) in [5.41, 5.74) is 0. The lowest BCUT2D eigenvalue weighted by molar-refractivity contribution is -0.0713. The Labute approximate surface area is 92.8 Å². The van der Waals surface area contributed by atoms with E-state index >= 15 is 0 Å². The Hall–Kier alpha value is -0.120. The van der Waals surface area contributed by atoms with E-state index in [-0.39, 0.29) is 12.2 Å². The molecule has 1 N–H and O–H groups in total. The quantitative estimate of drug-likeness (QED) is 0.690. The van der Waals surface area contributed by atoms with Crippen molar-refractivity contribution in [2.75, 3.05) is 20.8 Å². The van der Waals surface area contributed by atoms with E-state index in [1.54, 1.807) is 14.2 Å². The third kappa shape index (κ3) is 4.09. The van der Waals surface area contributed by atoms with Crippen LogP contribution in [0.3, 0.4) is 0 Å². The number of rotatable bonds is 6. The van der Waals surface area contributed by atoms with Crippen LogP contribution in [-0.4, -0.2) is 38.1 Å². The molecule has 0 aromatic rings. The first kappa shape index (κ1) is 12.9. The van der Waals surface area contributed by atoms with Gasteiger partial charge in [-0.15, -0.1) is 0 Å². The summed E-state index contributed by atoms with van der Waals surface area (Å²) in [7, 11) is 3.54. The van der Waals surface area contributed by atoms with Crippen LogP contribution in [0.5, 0.6) is 0 Å². The van der Waals surface area contributed by atoms with Crippen LogP contribution in [-0.2, 0) is 9.47 Å². The normalized spacial score (nSPS) is 31.8. The van der Waals surface area contributed by atoms with Crippen LogP contribution in [0.2, 0.25) is 0 Å². The first-order chi connectivity index (χ1) is 7.31. The predicted octanol–water partition coefficient (Wildman–Crippen LogP) is 1.98. The predicted molar refractivity (Wildman–Crippen MR) is 59.9 cm³/mol. The lowest BCUT2D eigenvalue weighted by Crippen LogP contribution is -2.36. The van der Waals surface area contributed by atoms with Gasteiger partial charge in [-0.2, -0.15) is 0 Å². The summed E-state index contributed by atoms with van der Waals surface area (Å²) in [6, 6.07) is 0. The van der Waals surface area contributed by atoms with E-state index in [0.29, 0.717) is 6.61 Å². The van der Waals surface area contributed by atoms with Gasteiger partial charge >= 0.3 is 0 Å². The first-order valence-corrected chi connectivity index (χ1v) is 5.98. The van der Waals surface area contributed by atoms with E-state index in [1.165, 1.54) is 12.8 Å². The van der Waals surface area contributed by atoms with Gasteiger partial charge in [0.2, 0.25) is 0 Å². The van der Waals surface area contributed by atoms with Crippen LogP contribution in [0.1, 0.15) is 38.5 Å². The minimum Gasteiger partial charge on any atom is -0.396 e. The topological polar surface area (TPSA) is 38.7 Å². The molecule has 0 radical (unpaired) electrons. The number of aliphatic hydroxyl groups excluding tert-OH is 1. The number of ether oxygens (including phenoxy) is 2. The zero-order valence-electron chi connectivity index (χ0n) is 9.95. The maximum Gasteiger partial charge on any atom is 0.0835 e. The minimum atomic E-state index is 0.267. The van der Waals surface area contributed by atoms with Crippen molar-refractivity contribution < 1.29 is 14.6 Å². The molecular formula is C12H24O3. The molecule has 1 aliphatic rings. The number of unbranched alkanes of at least 4 members (excludes halogenated alkanes) is 1. The Morgan fingerprint density at radius 3 is 2.40 bits per heavy atom. The molecule has 0 amide bonds. The van der Waals surface area contributed by atoms with Gasteiger partial charge < -0.3 is 14.6 Å². The van der Waals surface area contributed by atoms with Crippen molar-refractivity contribution in [3.8, 4) is 0 Å². The molecule has 3 heteroatoms. The molecule has 15 heavy (non-hydrogen) atoms. The van der Waals surface area contributed by atoms with Gasteiger partial charge in [0.05, 0.1) is 12.2 Å². The molecule has 1 aliphatic carbocycles. The van der Waals surface area contributed by atoms with E-state index < -0.39 is 0 Å². The molecule has 1 saturated carbocycles. The molecule has 0 spiro atoms. The summed E-state index contributed by atoms with van der Waals surface area (Å²) in [6.45, 7) is 0.321. The highest BCUT2D eigenvalue weighted by Crippen LogP contribution is 2.31. The first-order valence-electron chi connectivity index (χ1n) is 5.98. The van der Waals surface area contributed by atoms with Gasteiger partial charge in [0.15, 0.2) is 0 Å². The molecule has 0 aromatic carbocycles. The highest BCUT2D eigenvalue weighted by Gasteiger charge is 2.29. The third-order valence-corrected chi connectivity index (χ3v) is 3.47. The van der Waals surface area contributed by atoms with Gasteiger partial charge in [0.25, 0.3) is 0 Å². The SMILES string of the molecule is COC1CCC(CCCCO)CC1OC. The Kier molecular flexibility index (Phi) is 6.22. The number of aliphatic hydroxyl groups is 1. The van der Waals surface area contributed by atoms with Crippen molar-refractivity contribution in [3.05, 3.63) is 0 Å². The summed E-state index contributed by atoms with van der Waals surface area (Å²) in [6.07, 6.45) is 7.30. The summed E-state index contributed by atoms with van der Waals surface area (Å²) >= 11 is 0. The van der Waals surface area contributed by atoms with Gasteiger partial charge in [0, 0.05) is 20.8 Å². The second kappa shape index (κ2) is 7.20. The van der Waals surface area contributed by atoms with Crippen molar-refractivity contribution in [3.63, 3.8) is 0 Å². The monoisotopic (exact) mass is 216 g/mol. The fraction of sp³-hybridized carbons (Fsp3) is 1.00. The summed E-state index contributed by atoms with van der Waals surface area (Å²) < 4.78 is 10.9. The fourth-order valence-electron chi connectivity index (χ4n) is 2.51. The van der Waals surface area contributed by atoms with Crippen LogP contribution in [0.25, 0.3) is 0 Å². The van der Waals surface area contributed by atoms with Crippen molar-refractivity contribution in [1.29, 1.82) is 0 Å². The molecule has 0 bridgehead atoms. The minimum absolute atomic E-state index is 0.267. The van der Waals surface area contributed by atoms with E-state index in [2.05, 4.69) is 0 Å². The summed E-state index contributed by atoms with van der Waals surface area (Å²) in [5, 5.41) is 8.73. The summed E-state index contributed by atoms with van der Waals surface area (Å²) in [5.74, 6) is 0.757. The Bertz CT molecular complexity index is 159. The lowest BCUT2D eigenvalue weighted by Gasteiger charge is -2.34. The number of hydrogen-bond donors (Lipinski definition) is 1.